The van der Waals surface area contributed by atoms with Crippen molar-refractivity contribution in [1.82, 2.24) is 0 Å². The maximum atomic E-state index is 13.4. The molecule has 0 aliphatic rings. The van der Waals surface area contributed by atoms with Crippen LogP contribution in [0.1, 0.15) is 15.9 Å². The van der Waals surface area contributed by atoms with E-state index >= 15 is 0 Å². The number of nitrogens with zero attached hydrogens (tertiary/aromatic N) is 1. The maximum absolute atomic E-state index is 13.4. The maximum Gasteiger partial charge on any atom is 0.335 e. The van der Waals surface area contributed by atoms with Crippen LogP contribution in [0.5, 0.6) is 11.5 Å². The molecular formula is C14H7BrFNO3. The summed E-state index contributed by atoms with van der Waals surface area (Å²) in [6.07, 6.45) is 0. The molecule has 2 rings (SSSR count). The van der Waals surface area contributed by atoms with Crippen LogP contribution in [0.2, 0.25) is 0 Å². The van der Waals surface area contributed by atoms with Crippen LogP contribution in [0.3, 0.4) is 0 Å². The lowest BCUT2D eigenvalue weighted by Crippen LogP contribution is -1.97. The number of halogens is 2. The van der Waals surface area contributed by atoms with E-state index in [1.807, 2.05) is 0 Å². The zero-order chi connectivity index (χ0) is 14.7. The van der Waals surface area contributed by atoms with E-state index in [9.17, 15) is 9.18 Å². The van der Waals surface area contributed by atoms with Gasteiger partial charge < -0.3 is 9.84 Å². The second-order valence-electron chi connectivity index (χ2n) is 3.78. The van der Waals surface area contributed by atoms with Crippen molar-refractivity contribution in [3.8, 4) is 17.6 Å². The number of aromatic carboxylic acids is 1. The number of rotatable bonds is 3. The minimum Gasteiger partial charge on any atom is -0.478 e. The van der Waals surface area contributed by atoms with Gasteiger partial charge in [0.05, 0.1) is 10.0 Å². The molecule has 4 nitrogen and oxygen atoms in total. The predicted molar refractivity (Wildman–Crippen MR) is 72.3 cm³/mol. The summed E-state index contributed by atoms with van der Waals surface area (Å²) in [6.45, 7) is 0. The number of carboxylic acids is 1. The summed E-state index contributed by atoms with van der Waals surface area (Å²) in [7, 11) is 0. The van der Waals surface area contributed by atoms with Crippen LogP contribution in [0, 0.1) is 17.1 Å². The zero-order valence-electron chi connectivity index (χ0n) is 9.93. The number of benzene rings is 2. The SMILES string of the molecule is N#Cc1c(F)cccc1Oc1ccc(C(=O)O)cc1Br. The average Bonchev–Trinajstić information content (AvgIpc) is 2.41. The Hall–Kier alpha value is -2.39. The Labute approximate surface area is 122 Å². The van der Waals surface area contributed by atoms with Gasteiger partial charge in [0.1, 0.15) is 28.9 Å². The monoisotopic (exact) mass is 335 g/mol. The van der Waals surface area contributed by atoms with Gasteiger partial charge >= 0.3 is 5.97 Å². The highest BCUT2D eigenvalue weighted by atomic mass is 79.9. The number of hydrogen-bond donors (Lipinski definition) is 1. The normalized spacial score (nSPS) is 9.85. The number of carboxylic acid groups (broad SMARTS) is 1. The minimum atomic E-state index is -1.07. The highest BCUT2D eigenvalue weighted by Gasteiger charge is 2.13. The summed E-state index contributed by atoms with van der Waals surface area (Å²) in [4.78, 5) is 10.8. The molecule has 0 fully saturated rings. The molecule has 20 heavy (non-hydrogen) atoms. The first-order valence-corrected chi connectivity index (χ1v) is 6.21. The first kappa shape index (κ1) is 14.0. The Bertz CT molecular complexity index is 725. The molecule has 0 aromatic heterocycles. The van der Waals surface area contributed by atoms with Crippen molar-refractivity contribution in [2.24, 2.45) is 0 Å². The van der Waals surface area contributed by atoms with Crippen LogP contribution in [-0.4, -0.2) is 11.1 Å². The van der Waals surface area contributed by atoms with Gasteiger partial charge in [-0.1, -0.05) is 6.07 Å². The largest absolute Gasteiger partial charge is 0.478 e. The highest BCUT2D eigenvalue weighted by Crippen LogP contribution is 2.32. The van der Waals surface area contributed by atoms with Gasteiger partial charge in [-0.2, -0.15) is 5.26 Å². The summed E-state index contributed by atoms with van der Waals surface area (Å²) in [6, 6.07) is 9.91. The van der Waals surface area contributed by atoms with Crippen molar-refractivity contribution in [3.63, 3.8) is 0 Å². The lowest BCUT2D eigenvalue weighted by Gasteiger charge is -2.10. The molecule has 0 unspecified atom stereocenters. The summed E-state index contributed by atoms with van der Waals surface area (Å²) in [5, 5.41) is 17.8. The second-order valence-corrected chi connectivity index (χ2v) is 4.63. The summed E-state index contributed by atoms with van der Waals surface area (Å²) < 4.78 is 19.3. The van der Waals surface area contributed by atoms with Gasteiger partial charge in [-0.05, 0) is 46.3 Å². The molecule has 1 N–H and O–H groups in total. The summed E-state index contributed by atoms with van der Waals surface area (Å²) in [5.74, 6) is -1.39. The van der Waals surface area contributed by atoms with Gasteiger partial charge in [0.15, 0.2) is 0 Å². The Morgan fingerprint density at radius 3 is 2.65 bits per heavy atom. The van der Waals surface area contributed by atoms with Gasteiger partial charge in [0, 0.05) is 0 Å². The molecule has 0 amide bonds. The highest BCUT2D eigenvalue weighted by molar-refractivity contribution is 9.10. The van der Waals surface area contributed by atoms with Crippen LogP contribution in [0.4, 0.5) is 4.39 Å². The quantitative estimate of drug-likeness (QED) is 0.921. The van der Waals surface area contributed by atoms with Crippen molar-refractivity contribution in [1.29, 1.82) is 5.26 Å². The summed E-state index contributed by atoms with van der Waals surface area (Å²) in [5.41, 5.74) is -0.120. The fraction of sp³-hybridized carbons (Fsp3) is 0. The van der Waals surface area contributed by atoms with E-state index in [1.165, 1.54) is 30.3 Å². The number of hydrogen-bond acceptors (Lipinski definition) is 3. The molecule has 0 radical (unpaired) electrons. The van der Waals surface area contributed by atoms with Crippen molar-refractivity contribution < 1.29 is 19.0 Å². The van der Waals surface area contributed by atoms with Crippen LogP contribution in [0.15, 0.2) is 40.9 Å². The Morgan fingerprint density at radius 1 is 1.30 bits per heavy atom. The molecule has 0 saturated heterocycles. The first-order chi connectivity index (χ1) is 9.52. The van der Waals surface area contributed by atoms with Gasteiger partial charge in [-0.15, -0.1) is 0 Å². The molecule has 0 atom stereocenters. The fourth-order valence-corrected chi connectivity index (χ4v) is 1.99. The van der Waals surface area contributed by atoms with E-state index in [4.69, 9.17) is 15.1 Å². The molecule has 0 heterocycles. The second kappa shape index (κ2) is 5.72. The van der Waals surface area contributed by atoms with Crippen LogP contribution in [-0.2, 0) is 0 Å². The third-order valence-corrected chi connectivity index (χ3v) is 3.11. The van der Waals surface area contributed by atoms with Crippen molar-refractivity contribution in [2.45, 2.75) is 0 Å². The molecular weight excluding hydrogens is 329 g/mol. The fourth-order valence-electron chi connectivity index (χ4n) is 1.53. The molecule has 0 spiro atoms. The van der Waals surface area contributed by atoms with E-state index in [2.05, 4.69) is 15.9 Å². The standard InChI is InChI=1S/C14H7BrFNO3/c15-10-6-8(14(18)19)4-5-13(10)20-12-3-1-2-11(16)9(12)7-17/h1-6H,(H,18,19). The third-order valence-electron chi connectivity index (χ3n) is 2.49. The number of nitriles is 1. The average molecular weight is 336 g/mol. The molecule has 2 aromatic carbocycles. The molecule has 0 saturated carbocycles. The molecule has 2 aromatic rings. The van der Waals surface area contributed by atoms with Gasteiger partial charge in [0.25, 0.3) is 0 Å². The van der Waals surface area contributed by atoms with E-state index < -0.39 is 11.8 Å². The van der Waals surface area contributed by atoms with E-state index in [0.29, 0.717) is 4.47 Å². The van der Waals surface area contributed by atoms with Crippen molar-refractivity contribution >= 4 is 21.9 Å². The Kier molecular flexibility index (Phi) is 4.01. The van der Waals surface area contributed by atoms with Crippen LogP contribution in [0.25, 0.3) is 0 Å². The number of ether oxygens (including phenoxy) is 1. The molecule has 0 bridgehead atoms. The van der Waals surface area contributed by atoms with Crippen molar-refractivity contribution in [2.75, 3.05) is 0 Å². The van der Waals surface area contributed by atoms with Crippen LogP contribution >= 0.6 is 15.9 Å². The van der Waals surface area contributed by atoms with Crippen LogP contribution < -0.4 is 4.74 Å². The molecule has 6 heteroatoms. The van der Waals surface area contributed by atoms with Gasteiger partial charge in [-0.25, -0.2) is 9.18 Å². The van der Waals surface area contributed by atoms with E-state index in [1.54, 1.807) is 6.07 Å². The lowest BCUT2D eigenvalue weighted by molar-refractivity contribution is 0.0697. The van der Waals surface area contributed by atoms with Gasteiger partial charge in [0.2, 0.25) is 0 Å². The van der Waals surface area contributed by atoms with E-state index in [0.717, 1.165) is 6.07 Å². The zero-order valence-corrected chi connectivity index (χ0v) is 11.5. The smallest absolute Gasteiger partial charge is 0.335 e. The molecule has 0 aliphatic heterocycles. The predicted octanol–water partition coefficient (Wildman–Crippen LogP) is 3.95. The Morgan fingerprint density at radius 2 is 2.05 bits per heavy atom. The molecule has 0 aliphatic carbocycles. The Balaban J connectivity index is 2.39. The minimum absolute atomic E-state index is 0.0660. The van der Waals surface area contributed by atoms with Gasteiger partial charge in [-0.3, -0.25) is 0 Å². The van der Waals surface area contributed by atoms with Crippen molar-refractivity contribution in [3.05, 3.63) is 57.8 Å². The topological polar surface area (TPSA) is 70.3 Å². The lowest BCUT2D eigenvalue weighted by atomic mass is 10.2. The number of carbonyl (C=O) groups is 1. The molecule has 100 valence electrons. The summed E-state index contributed by atoms with van der Waals surface area (Å²) >= 11 is 3.17. The first-order valence-electron chi connectivity index (χ1n) is 5.42. The third kappa shape index (κ3) is 2.78. The van der Waals surface area contributed by atoms with E-state index in [-0.39, 0.29) is 22.6 Å².